The van der Waals surface area contributed by atoms with Crippen LogP contribution in [0.1, 0.15) is 18.6 Å². The highest BCUT2D eigenvalue weighted by atomic mass is 16.3. The summed E-state index contributed by atoms with van der Waals surface area (Å²) >= 11 is 0. The van der Waals surface area contributed by atoms with E-state index in [-0.39, 0.29) is 19.0 Å². The Bertz CT molecular complexity index is 455. The Morgan fingerprint density at radius 1 is 1.52 bits per heavy atom. The Hall–Kier alpha value is -1.86. The summed E-state index contributed by atoms with van der Waals surface area (Å²) < 4.78 is 5.09. The molecule has 0 bridgehead atoms. The maximum absolute atomic E-state index is 11.7. The molecular weight excluding hydrogens is 272 g/mol. The van der Waals surface area contributed by atoms with Gasteiger partial charge < -0.3 is 15.1 Å². The van der Waals surface area contributed by atoms with Gasteiger partial charge in [-0.1, -0.05) is 0 Å². The van der Waals surface area contributed by atoms with Crippen molar-refractivity contribution in [2.24, 2.45) is 0 Å². The first kappa shape index (κ1) is 15.5. The zero-order valence-electron chi connectivity index (χ0n) is 12.2. The molecule has 2 heterocycles. The predicted octanol–water partition coefficient (Wildman–Crippen LogP) is 0.289. The second-order valence-corrected chi connectivity index (χ2v) is 5.30. The van der Waals surface area contributed by atoms with Crippen molar-refractivity contribution in [3.05, 3.63) is 24.2 Å². The van der Waals surface area contributed by atoms with Crippen LogP contribution in [0.4, 0.5) is 4.79 Å². The normalized spacial score (nSPS) is 17.9. The first-order valence-corrected chi connectivity index (χ1v) is 7.15. The van der Waals surface area contributed by atoms with E-state index in [2.05, 4.69) is 16.0 Å². The summed E-state index contributed by atoms with van der Waals surface area (Å²) in [7, 11) is 1.88. The second kappa shape index (κ2) is 7.80. The summed E-state index contributed by atoms with van der Waals surface area (Å²) in [5, 5.41) is 8.25. The first-order chi connectivity index (χ1) is 10.1. The summed E-state index contributed by atoms with van der Waals surface area (Å²) in [6.07, 6.45) is 3.85. The number of urea groups is 1. The highest BCUT2D eigenvalue weighted by molar-refractivity contribution is 5.95. The summed E-state index contributed by atoms with van der Waals surface area (Å²) in [6.45, 7) is 2.31. The van der Waals surface area contributed by atoms with Crippen LogP contribution in [0.15, 0.2) is 22.8 Å². The standard InChI is InChI=1S/C14H22N4O3/c1-18(9-11-4-2-6-15-11)10-13(19)17-14(20)16-8-12-5-3-7-21-12/h3,5,7,11,15H,2,4,6,8-10H2,1H3,(H2,16,17,19,20). The van der Waals surface area contributed by atoms with E-state index in [0.717, 1.165) is 19.5 Å². The lowest BCUT2D eigenvalue weighted by Gasteiger charge is -2.20. The number of carbonyl (C=O) groups excluding carboxylic acids is 2. The maximum atomic E-state index is 11.7. The molecular formula is C14H22N4O3. The lowest BCUT2D eigenvalue weighted by molar-refractivity contribution is -0.120. The van der Waals surface area contributed by atoms with Crippen LogP contribution in [0.5, 0.6) is 0 Å². The zero-order valence-corrected chi connectivity index (χ0v) is 12.2. The number of carbonyl (C=O) groups is 2. The summed E-state index contributed by atoms with van der Waals surface area (Å²) in [5.41, 5.74) is 0. The van der Waals surface area contributed by atoms with Gasteiger partial charge in [0.2, 0.25) is 5.91 Å². The van der Waals surface area contributed by atoms with Gasteiger partial charge in [-0.15, -0.1) is 0 Å². The third-order valence-electron chi connectivity index (χ3n) is 3.36. The number of imide groups is 1. The van der Waals surface area contributed by atoms with Crippen molar-refractivity contribution < 1.29 is 14.0 Å². The van der Waals surface area contributed by atoms with Crippen molar-refractivity contribution in [2.75, 3.05) is 26.7 Å². The van der Waals surface area contributed by atoms with E-state index in [4.69, 9.17) is 4.42 Å². The number of likely N-dealkylation sites (N-methyl/N-ethyl adjacent to an activating group) is 1. The van der Waals surface area contributed by atoms with E-state index in [1.54, 1.807) is 12.1 Å². The molecule has 1 atom stereocenters. The minimum atomic E-state index is -0.510. The van der Waals surface area contributed by atoms with Crippen molar-refractivity contribution in [1.29, 1.82) is 0 Å². The number of hydrogen-bond donors (Lipinski definition) is 3. The molecule has 7 nitrogen and oxygen atoms in total. The van der Waals surface area contributed by atoms with Crippen LogP contribution >= 0.6 is 0 Å². The van der Waals surface area contributed by atoms with Crippen LogP contribution < -0.4 is 16.0 Å². The average molecular weight is 294 g/mol. The highest BCUT2D eigenvalue weighted by Crippen LogP contribution is 2.05. The fraction of sp³-hybridized carbons (Fsp3) is 0.571. The number of rotatable bonds is 6. The van der Waals surface area contributed by atoms with E-state index in [1.165, 1.54) is 12.7 Å². The first-order valence-electron chi connectivity index (χ1n) is 7.15. The molecule has 7 heteroatoms. The van der Waals surface area contributed by atoms with Crippen molar-refractivity contribution >= 4 is 11.9 Å². The smallest absolute Gasteiger partial charge is 0.321 e. The zero-order chi connectivity index (χ0) is 15.1. The quantitative estimate of drug-likeness (QED) is 0.702. The van der Waals surface area contributed by atoms with Gasteiger partial charge in [0.15, 0.2) is 0 Å². The van der Waals surface area contributed by atoms with Gasteiger partial charge in [0.25, 0.3) is 0 Å². The molecule has 21 heavy (non-hydrogen) atoms. The van der Waals surface area contributed by atoms with Crippen LogP contribution in [-0.2, 0) is 11.3 Å². The Labute approximate surface area is 124 Å². The molecule has 116 valence electrons. The lowest BCUT2D eigenvalue weighted by Crippen LogP contribution is -2.45. The molecule has 2 rings (SSSR count). The molecule has 3 amide bonds. The van der Waals surface area contributed by atoms with E-state index in [1.807, 2.05) is 11.9 Å². The van der Waals surface area contributed by atoms with Gasteiger partial charge in [-0.3, -0.25) is 15.0 Å². The molecule has 1 unspecified atom stereocenters. The van der Waals surface area contributed by atoms with Crippen LogP contribution in [0.25, 0.3) is 0 Å². The Kier molecular flexibility index (Phi) is 5.77. The Balaban J connectivity index is 1.62. The molecule has 0 saturated carbocycles. The SMILES string of the molecule is CN(CC(=O)NC(=O)NCc1ccco1)CC1CCCN1. The van der Waals surface area contributed by atoms with Gasteiger partial charge in [-0.05, 0) is 38.6 Å². The molecule has 1 aromatic rings. The molecule has 1 aliphatic rings. The molecule has 0 radical (unpaired) electrons. The molecule has 1 saturated heterocycles. The number of furan rings is 1. The van der Waals surface area contributed by atoms with E-state index in [0.29, 0.717) is 11.8 Å². The van der Waals surface area contributed by atoms with Crippen molar-refractivity contribution in [1.82, 2.24) is 20.9 Å². The summed E-state index contributed by atoms with van der Waals surface area (Å²) in [4.78, 5) is 25.2. The molecule has 1 fully saturated rings. The fourth-order valence-electron chi connectivity index (χ4n) is 2.39. The fourth-order valence-corrected chi connectivity index (χ4v) is 2.39. The van der Waals surface area contributed by atoms with Gasteiger partial charge in [-0.25, -0.2) is 4.79 Å². The summed E-state index contributed by atoms with van der Waals surface area (Å²) in [5.74, 6) is 0.328. The van der Waals surface area contributed by atoms with Gasteiger partial charge in [0, 0.05) is 12.6 Å². The molecule has 0 aliphatic carbocycles. The highest BCUT2D eigenvalue weighted by Gasteiger charge is 2.17. The minimum absolute atomic E-state index is 0.201. The third kappa shape index (κ3) is 5.57. The van der Waals surface area contributed by atoms with Crippen molar-refractivity contribution in [3.8, 4) is 0 Å². The van der Waals surface area contributed by atoms with Crippen LogP contribution in [0.2, 0.25) is 0 Å². The molecule has 0 aromatic carbocycles. The van der Waals surface area contributed by atoms with Crippen molar-refractivity contribution in [3.63, 3.8) is 0 Å². The lowest BCUT2D eigenvalue weighted by atomic mass is 10.2. The van der Waals surface area contributed by atoms with Crippen LogP contribution in [-0.4, -0.2) is 49.6 Å². The van der Waals surface area contributed by atoms with Crippen molar-refractivity contribution in [2.45, 2.75) is 25.4 Å². The largest absolute Gasteiger partial charge is 0.467 e. The molecule has 1 aromatic heterocycles. The second-order valence-electron chi connectivity index (χ2n) is 5.30. The van der Waals surface area contributed by atoms with Gasteiger partial charge in [0.05, 0.1) is 19.4 Å². The minimum Gasteiger partial charge on any atom is -0.467 e. The monoisotopic (exact) mass is 294 g/mol. The summed E-state index contributed by atoms with van der Waals surface area (Å²) in [6, 6.07) is 3.43. The average Bonchev–Trinajstić information content (AvgIpc) is 3.08. The van der Waals surface area contributed by atoms with Crippen LogP contribution in [0.3, 0.4) is 0 Å². The number of nitrogens with one attached hydrogen (secondary N) is 3. The predicted molar refractivity (Wildman–Crippen MR) is 77.6 cm³/mol. The van der Waals surface area contributed by atoms with E-state index < -0.39 is 6.03 Å². The Morgan fingerprint density at radius 3 is 3.05 bits per heavy atom. The van der Waals surface area contributed by atoms with Gasteiger partial charge in [-0.2, -0.15) is 0 Å². The van der Waals surface area contributed by atoms with E-state index in [9.17, 15) is 9.59 Å². The topological polar surface area (TPSA) is 86.6 Å². The number of nitrogens with zero attached hydrogens (tertiary/aromatic N) is 1. The van der Waals surface area contributed by atoms with E-state index >= 15 is 0 Å². The third-order valence-corrected chi connectivity index (χ3v) is 3.36. The van der Waals surface area contributed by atoms with Crippen LogP contribution in [0, 0.1) is 0 Å². The van der Waals surface area contributed by atoms with Gasteiger partial charge in [0.1, 0.15) is 5.76 Å². The van der Waals surface area contributed by atoms with Gasteiger partial charge >= 0.3 is 6.03 Å². The molecule has 3 N–H and O–H groups in total. The Morgan fingerprint density at radius 2 is 2.38 bits per heavy atom. The molecule has 1 aliphatic heterocycles. The number of amides is 3. The molecule has 0 spiro atoms. The maximum Gasteiger partial charge on any atom is 0.321 e. The number of hydrogen-bond acceptors (Lipinski definition) is 5.